The van der Waals surface area contributed by atoms with E-state index < -0.39 is 40.9 Å². The molecular formula is C36H32F6O6. The first-order valence-corrected chi connectivity index (χ1v) is 14.5. The first-order chi connectivity index (χ1) is 22.5. The van der Waals surface area contributed by atoms with E-state index in [1.54, 1.807) is 24.3 Å². The molecule has 1 heterocycles. The van der Waals surface area contributed by atoms with Crippen LogP contribution in [0.15, 0.2) is 58.5 Å². The Kier molecular flexibility index (Phi) is 8.57. The zero-order chi connectivity index (χ0) is 35.4. The van der Waals surface area contributed by atoms with Crippen LogP contribution in [0.4, 0.5) is 26.3 Å². The highest BCUT2D eigenvalue weighted by Crippen LogP contribution is 2.64. The number of ether oxygens (including phenoxy) is 5. The van der Waals surface area contributed by atoms with Crippen molar-refractivity contribution in [1.29, 1.82) is 0 Å². The quantitative estimate of drug-likeness (QED) is 0.130. The van der Waals surface area contributed by atoms with E-state index in [0.717, 1.165) is 11.6 Å². The van der Waals surface area contributed by atoms with E-state index in [2.05, 4.69) is 0 Å². The molecule has 0 unspecified atom stereocenters. The van der Waals surface area contributed by atoms with Gasteiger partial charge in [-0.05, 0) is 23.1 Å². The first kappa shape index (κ1) is 34.4. The fraction of sp³-hybridized carbons (Fsp3) is 0.333. The Labute approximate surface area is 273 Å². The number of benzene rings is 3. The van der Waals surface area contributed by atoms with Crippen LogP contribution in [0.5, 0.6) is 28.7 Å². The summed E-state index contributed by atoms with van der Waals surface area (Å²) < 4.78 is 128. The minimum atomic E-state index is -5.85. The second-order valence-corrected chi connectivity index (χ2v) is 12.1. The van der Waals surface area contributed by atoms with Crippen molar-refractivity contribution in [3.63, 3.8) is 0 Å². The Morgan fingerprint density at radius 2 is 1.27 bits per heavy atom. The van der Waals surface area contributed by atoms with Gasteiger partial charge >= 0.3 is 17.8 Å². The fourth-order valence-electron chi connectivity index (χ4n) is 5.78. The van der Waals surface area contributed by atoms with E-state index in [4.69, 9.17) is 34.5 Å². The molecule has 254 valence electrons. The number of alkyl halides is 6. The third-order valence-corrected chi connectivity index (χ3v) is 8.34. The topological polar surface area (TPSA) is 59.3 Å². The number of allylic oxidation sites excluding steroid dienone is 2. The van der Waals surface area contributed by atoms with Crippen molar-refractivity contribution in [2.24, 2.45) is 0 Å². The van der Waals surface area contributed by atoms with Crippen LogP contribution in [0.3, 0.4) is 0 Å². The van der Waals surface area contributed by atoms with Crippen LogP contribution in [-0.2, 0) is 11.8 Å². The number of methoxy groups -OCH3 is 4. The van der Waals surface area contributed by atoms with Gasteiger partial charge in [-0.1, -0.05) is 51.5 Å². The molecule has 0 fully saturated rings. The molecule has 1 aromatic heterocycles. The second kappa shape index (κ2) is 12.0. The van der Waals surface area contributed by atoms with Crippen LogP contribution < -0.4 is 23.7 Å². The van der Waals surface area contributed by atoms with Crippen molar-refractivity contribution in [1.82, 2.24) is 0 Å². The summed E-state index contributed by atoms with van der Waals surface area (Å²) in [5, 5.41) is -0.185. The molecule has 1 aliphatic carbocycles. The summed E-state index contributed by atoms with van der Waals surface area (Å²) in [5.41, 5.74) is -3.44. The maximum atomic E-state index is 16.2. The van der Waals surface area contributed by atoms with Gasteiger partial charge in [-0.2, -0.15) is 26.3 Å². The zero-order valence-corrected chi connectivity index (χ0v) is 27.1. The fourth-order valence-corrected chi connectivity index (χ4v) is 5.78. The normalized spacial score (nSPS) is 16.5. The average molecular weight is 675 g/mol. The van der Waals surface area contributed by atoms with E-state index in [1.807, 2.05) is 26.9 Å². The van der Waals surface area contributed by atoms with Gasteiger partial charge in [0.05, 0.1) is 28.4 Å². The predicted molar refractivity (Wildman–Crippen MR) is 168 cm³/mol. The van der Waals surface area contributed by atoms with Crippen LogP contribution in [-0.4, -0.2) is 46.2 Å². The molecule has 0 saturated heterocycles. The third kappa shape index (κ3) is 5.25. The molecule has 0 amide bonds. The average Bonchev–Trinajstić information content (AvgIpc) is 3.44. The molecule has 6 nitrogen and oxygen atoms in total. The molecule has 5 rings (SSSR count). The van der Waals surface area contributed by atoms with Gasteiger partial charge in [0.15, 0.2) is 23.0 Å². The standard InChI is InChI=1S/C36H32F6O6/c1-9-47-24-17-28(45-7)26(43-5)15-20(24)14-23-31(35(39,40)36(41,42)34(23,37)38)30-22-16-27(44-6)29(46-8)18-25(22)48-32(30)19-10-12-21(13-11-19)33(2,3)4/h1,10-13,15-18H,14H2,2-8H3. The number of fused-ring (bicyclic) bond motifs is 1. The number of furan rings is 1. The number of terminal acetylenes is 1. The van der Waals surface area contributed by atoms with Gasteiger partial charge in [0.1, 0.15) is 23.2 Å². The molecule has 1 aliphatic rings. The maximum Gasteiger partial charge on any atom is 0.380 e. The SMILES string of the molecule is C#COc1cc(OC)c(OC)cc1CC1=C(c2c(-c3ccc(C(C)(C)C)cc3)oc3cc(OC)c(OC)cc23)C(F)(F)C(F)(F)C1(F)F. The minimum Gasteiger partial charge on any atom is -0.493 e. The molecule has 4 aromatic rings. The zero-order valence-electron chi connectivity index (χ0n) is 27.1. The second-order valence-electron chi connectivity index (χ2n) is 12.1. The number of halogens is 6. The lowest BCUT2D eigenvalue weighted by molar-refractivity contribution is -0.260. The van der Waals surface area contributed by atoms with Crippen molar-refractivity contribution in [2.75, 3.05) is 28.4 Å². The summed E-state index contributed by atoms with van der Waals surface area (Å²) in [7, 11) is 5.13. The third-order valence-electron chi connectivity index (χ3n) is 8.34. The van der Waals surface area contributed by atoms with Crippen LogP contribution in [0.1, 0.15) is 37.5 Å². The maximum absolute atomic E-state index is 16.2. The first-order valence-electron chi connectivity index (χ1n) is 14.5. The highest BCUT2D eigenvalue weighted by atomic mass is 19.3. The number of rotatable bonds is 9. The largest absolute Gasteiger partial charge is 0.493 e. The molecule has 0 spiro atoms. The van der Waals surface area contributed by atoms with Crippen molar-refractivity contribution in [3.05, 3.63) is 70.8 Å². The molecule has 0 aliphatic heterocycles. The van der Waals surface area contributed by atoms with Gasteiger partial charge in [-0.25, -0.2) is 0 Å². The molecule has 48 heavy (non-hydrogen) atoms. The lowest BCUT2D eigenvalue weighted by atomic mass is 9.86. The Balaban J connectivity index is 1.91. The van der Waals surface area contributed by atoms with E-state index >= 15 is 26.3 Å². The molecule has 12 heteroatoms. The van der Waals surface area contributed by atoms with Gasteiger partial charge in [0.2, 0.25) is 0 Å². The lowest BCUT2D eigenvalue weighted by Crippen LogP contribution is -2.49. The minimum absolute atomic E-state index is 0.0101. The predicted octanol–water partition coefficient (Wildman–Crippen LogP) is 9.32. The number of hydrogen-bond acceptors (Lipinski definition) is 6. The van der Waals surface area contributed by atoms with Gasteiger partial charge in [0.25, 0.3) is 0 Å². The summed E-state index contributed by atoms with van der Waals surface area (Å²) in [6, 6.07) is 11.4. The molecule has 3 aromatic carbocycles. The Hall–Kier alpha value is -4.92. The Morgan fingerprint density at radius 3 is 1.81 bits per heavy atom. The van der Waals surface area contributed by atoms with E-state index in [-0.39, 0.29) is 62.0 Å². The van der Waals surface area contributed by atoms with Gasteiger partial charge in [0, 0.05) is 51.8 Å². The molecule has 0 radical (unpaired) electrons. The molecule has 0 N–H and O–H groups in total. The lowest BCUT2D eigenvalue weighted by Gasteiger charge is -2.26. The summed E-state index contributed by atoms with van der Waals surface area (Å²) >= 11 is 0. The summed E-state index contributed by atoms with van der Waals surface area (Å²) in [6.07, 6.45) is 6.04. The van der Waals surface area contributed by atoms with Gasteiger partial charge in [-0.15, -0.1) is 0 Å². The molecular weight excluding hydrogens is 642 g/mol. The summed E-state index contributed by atoms with van der Waals surface area (Å²) in [4.78, 5) is 0. The van der Waals surface area contributed by atoms with Crippen molar-refractivity contribution < 1.29 is 54.4 Å². The highest BCUT2D eigenvalue weighted by Gasteiger charge is 2.80. The van der Waals surface area contributed by atoms with Crippen LogP contribution in [0.25, 0.3) is 27.9 Å². The van der Waals surface area contributed by atoms with Crippen molar-refractivity contribution in [3.8, 4) is 52.6 Å². The molecule has 0 atom stereocenters. The number of hydrogen-bond donors (Lipinski definition) is 0. The Morgan fingerprint density at radius 1 is 0.729 bits per heavy atom. The van der Waals surface area contributed by atoms with E-state index in [9.17, 15) is 0 Å². The van der Waals surface area contributed by atoms with Crippen LogP contribution in [0, 0.1) is 12.5 Å². The van der Waals surface area contributed by atoms with Crippen molar-refractivity contribution in [2.45, 2.75) is 50.4 Å². The van der Waals surface area contributed by atoms with Crippen LogP contribution in [0.2, 0.25) is 0 Å². The monoisotopic (exact) mass is 674 g/mol. The van der Waals surface area contributed by atoms with Crippen LogP contribution >= 0.6 is 0 Å². The highest BCUT2D eigenvalue weighted by molar-refractivity contribution is 6.03. The van der Waals surface area contributed by atoms with E-state index in [0.29, 0.717) is 0 Å². The molecule has 0 bridgehead atoms. The van der Waals surface area contributed by atoms with Gasteiger partial charge < -0.3 is 28.1 Å². The van der Waals surface area contributed by atoms with E-state index in [1.165, 1.54) is 46.6 Å². The summed E-state index contributed by atoms with van der Waals surface area (Å²) in [5.74, 6) is -17.0. The Bertz CT molecular complexity index is 1940. The smallest absolute Gasteiger partial charge is 0.380 e. The van der Waals surface area contributed by atoms with Crippen molar-refractivity contribution >= 4 is 16.5 Å². The van der Waals surface area contributed by atoms with Gasteiger partial charge in [-0.3, -0.25) is 0 Å². The molecule has 0 saturated carbocycles. The summed E-state index contributed by atoms with van der Waals surface area (Å²) in [6.45, 7) is 5.87.